The van der Waals surface area contributed by atoms with Crippen LogP contribution in [0.15, 0.2) is 102 Å². The molecule has 6 rings (SSSR count). The number of rotatable bonds is 3. The Balaban J connectivity index is 1.71. The Hall–Kier alpha value is -3.04. The number of hydrogen-bond acceptors (Lipinski definition) is 0. The molecule has 0 aliphatic carbocycles. The van der Waals surface area contributed by atoms with Gasteiger partial charge in [0.15, 0.2) is 0 Å². The fraction of sp³-hybridized carbons (Fsp3) is 0.0625. The molecule has 0 fully saturated rings. The molecule has 1 heterocycles. The van der Waals surface area contributed by atoms with Crippen molar-refractivity contribution in [2.24, 2.45) is 0 Å². The van der Waals surface area contributed by atoms with Crippen LogP contribution in [-0.2, 0) is 0 Å². The van der Waals surface area contributed by atoms with Gasteiger partial charge in [0.05, 0.1) is 21.7 Å². The Kier molecular flexibility index (Phi) is 5.92. The molecule has 0 spiro atoms. The molecule has 1 nitrogen and oxygen atoms in total. The van der Waals surface area contributed by atoms with Gasteiger partial charge in [-0.15, -0.1) is 0 Å². The van der Waals surface area contributed by atoms with Crippen molar-refractivity contribution >= 4 is 60.9 Å². The third kappa shape index (κ3) is 3.85. The first-order valence-corrected chi connectivity index (χ1v) is 13.3. The Bertz CT molecular complexity index is 1700. The first kappa shape index (κ1) is 23.4. The fourth-order valence-corrected chi connectivity index (χ4v) is 6.10. The average Bonchev–Trinajstić information content (AvgIpc) is 3.19. The van der Waals surface area contributed by atoms with Crippen LogP contribution in [0.5, 0.6) is 0 Å². The van der Waals surface area contributed by atoms with Crippen molar-refractivity contribution in [3.05, 3.63) is 123 Å². The Morgan fingerprint density at radius 1 is 0.611 bits per heavy atom. The van der Waals surface area contributed by atoms with E-state index in [0.717, 1.165) is 21.2 Å². The maximum Gasteiger partial charge on any atom is 0.0789 e. The van der Waals surface area contributed by atoms with E-state index in [9.17, 15) is 0 Å². The number of fused-ring (bicyclic) bond motifs is 3. The molecule has 0 aliphatic heterocycles. The summed E-state index contributed by atoms with van der Waals surface area (Å²) in [5.41, 5.74) is 10.4. The SMILES string of the molecule is Cc1ccccc1-c1ccc2c(c1)c1cc(-c3ccccc3C)ccc1n2-c1cc(Cl)cc(Br)c1Cl. The van der Waals surface area contributed by atoms with Crippen LogP contribution in [-0.4, -0.2) is 4.57 Å². The highest BCUT2D eigenvalue weighted by Gasteiger charge is 2.18. The summed E-state index contributed by atoms with van der Waals surface area (Å²) in [6.07, 6.45) is 0. The van der Waals surface area contributed by atoms with E-state index in [1.165, 1.54) is 44.2 Å². The Morgan fingerprint density at radius 2 is 1.11 bits per heavy atom. The quantitative estimate of drug-likeness (QED) is 0.186. The van der Waals surface area contributed by atoms with E-state index in [2.05, 4.69) is 119 Å². The van der Waals surface area contributed by atoms with E-state index in [0.29, 0.717) is 10.0 Å². The third-order valence-corrected chi connectivity index (χ3v) is 8.36. The molecule has 0 saturated heterocycles. The van der Waals surface area contributed by atoms with Gasteiger partial charge < -0.3 is 4.57 Å². The minimum absolute atomic E-state index is 0.629. The first-order chi connectivity index (χ1) is 17.4. The van der Waals surface area contributed by atoms with Crippen LogP contribution in [0.25, 0.3) is 49.7 Å². The van der Waals surface area contributed by atoms with E-state index in [1.54, 1.807) is 0 Å². The molecular formula is C32H22BrCl2N. The molecular weight excluding hydrogens is 549 g/mol. The monoisotopic (exact) mass is 569 g/mol. The maximum absolute atomic E-state index is 6.83. The van der Waals surface area contributed by atoms with Gasteiger partial charge in [-0.2, -0.15) is 0 Å². The standard InChI is InChI=1S/C32H22BrCl2N/c1-19-7-3-5-9-24(19)21-11-13-29-26(15-21)27-16-22(25-10-6-4-8-20(25)2)12-14-30(27)36(29)31-18-23(34)17-28(33)32(31)35/h3-18H,1-2H3. The van der Waals surface area contributed by atoms with Crippen LogP contribution in [0, 0.1) is 13.8 Å². The summed E-state index contributed by atoms with van der Waals surface area (Å²) in [6, 6.07) is 34.1. The van der Waals surface area contributed by atoms with Crippen LogP contribution in [0.2, 0.25) is 10.0 Å². The number of nitrogens with zero attached hydrogens (tertiary/aromatic N) is 1. The summed E-state index contributed by atoms with van der Waals surface area (Å²) in [4.78, 5) is 0. The second-order valence-electron chi connectivity index (χ2n) is 9.15. The highest BCUT2D eigenvalue weighted by atomic mass is 79.9. The van der Waals surface area contributed by atoms with E-state index >= 15 is 0 Å². The Morgan fingerprint density at radius 3 is 1.61 bits per heavy atom. The predicted octanol–water partition coefficient (Wildman–Crippen LogP) is 10.8. The summed E-state index contributed by atoms with van der Waals surface area (Å²) in [6.45, 7) is 4.31. The molecule has 1 aromatic heterocycles. The van der Waals surface area contributed by atoms with E-state index in [-0.39, 0.29) is 0 Å². The lowest BCUT2D eigenvalue weighted by molar-refractivity contribution is 1.18. The van der Waals surface area contributed by atoms with Crippen LogP contribution in [0.4, 0.5) is 0 Å². The van der Waals surface area contributed by atoms with E-state index < -0.39 is 0 Å². The van der Waals surface area contributed by atoms with Gasteiger partial charge in [-0.1, -0.05) is 83.9 Å². The smallest absolute Gasteiger partial charge is 0.0789 e. The lowest BCUT2D eigenvalue weighted by atomic mass is 9.97. The first-order valence-electron chi connectivity index (χ1n) is 11.8. The van der Waals surface area contributed by atoms with Crippen LogP contribution in [0.1, 0.15) is 11.1 Å². The summed E-state index contributed by atoms with van der Waals surface area (Å²) >= 11 is 16.9. The summed E-state index contributed by atoms with van der Waals surface area (Å²) in [7, 11) is 0. The van der Waals surface area contributed by atoms with Gasteiger partial charge in [0.25, 0.3) is 0 Å². The molecule has 0 unspecified atom stereocenters. The normalized spacial score (nSPS) is 11.5. The van der Waals surface area contributed by atoms with Crippen molar-refractivity contribution in [1.29, 1.82) is 0 Å². The molecule has 0 N–H and O–H groups in total. The van der Waals surface area contributed by atoms with Gasteiger partial charge in [0.1, 0.15) is 0 Å². The molecule has 0 aliphatic rings. The van der Waals surface area contributed by atoms with Crippen LogP contribution >= 0.6 is 39.1 Å². The number of halogens is 3. The van der Waals surface area contributed by atoms with Crippen molar-refractivity contribution in [3.8, 4) is 27.9 Å². The zero-order valence-corrected chi connectivity index (χ0v) is 22.9. The molecule has 5 aromatic carbocycles. The molecule has 0 amide bonds. The van der Waals surface area contributed by atoms with Crippen molar-refractivity contribution in [1.82, 2.24) is 4.57 Å². The summed E-state index contributed by atoms with van der Waals surface area (Å²) in [5.74, 6) is 0. The van der Waals surface area contributed by atoms with Gasteiger partial charge in [-0.05, 0) is 99.6 Å². The van der Waals surface area contributed by atoms with Crippen molar-refractivity contribution in [2.45, 2.75) is 13.8 Å². The van der Waals surface area contributed by atoms with Gasteiger partial charge in [0, 0.05) is 20.3 Å². The van der Waals surface area contributed by atoms with Gasteiger partial charge in [0.2, 0.25) is 0 Å². The number of aromatic nitrogens is 1. The van der Waals surface area contributed by atoms with Crippen LogP contribution in [0.3, 0.4) is 0 Å². The molecule has 0 saturated carbocycles. The second-order valence-corrected chi connectivity index (χ2v) is 10.8. The summed E-state index contributed by atoms with van der Waals surface area (Å²) < 4.78 is 2.99. The molecule has 6 aromatic rings. The predicted molar refractivity (Wildman–Crippen MR) is 159 cm³/mol. The molecule has 0 atom stereocenters. The van der Waals surface area contributed by atoms with Gasteiger partial charge >= 0.3 is 0 Å². The third-order valence-electron chi connectivity index (χ3n) is 6.89. The summed E-state index contributed by atoms with van der Waals surface area (Å²) in [5, 5.41) is 3.61. The van der Waals surface area contributed by atoms with Crippen molar-refractivity contribution < 1.29 is 0 Å². The molecule has 0 bridgehead atoms. The van der Waals surface area contributed by atoms with E-state index in [4.69, 9.17) is 23.2 Å². The zero-order valence-electron chi connectivity index (χ0n) is 19.8. The lowest BCUT2D eigenvalue weighted by Gasteiger charge is -2.13. The molecule has 36 heavy (non-hydrogen) atoms. The maximum atomic E-state index is 6.83. The fourth-order valence-electron chi connectivity index (χ4n) is 5.12. The second kappa shape index (κ2) is 9.12. The largest absolute Gasteiger partial charge is 0.308 e. The average molecular weight is 571 g/mol. The molecule has 0 radical (unpaired) electrons. The van der Waals surface area contributed by atoms with Gasteiger partial charge in [-0.3, -0.25) is 0 Å². The molecule has 4 heteroatoms. The molecule has 176 valence electrons. The van der Waals surface area contributed by atoms with Crippen molar-refractivity contribution in [3.63, 3.8) is 0 Å². The lowest BCUT2D eigenvalue weighted by Crippen LogP contribution is -1.96. The minimum Gasteiger partial charge on any atom is -0.308 e. The zero-order chi connectivity index (χ0) is 25.0. The number of benzene rings is 5. The topological polar surface area (TPSA) is 4.93 Å². The Labute approximate surface area is 229 Å². The minimum atomic E-state index is 0.629. The number of hydrogen-bond donors (Lipinski definition) is 0. The van der Waals surface area contributed by atoms with Gasteiger partial charge in [-0.25, -0.2) is 0 Å². The van der Waals surface area contributed by atoms with Crippen molar-refractivity contribution in [2.75, 3.05) is 0 Å². The van der Waals surface area contributed by atoms with Crippen LogP contribution < -0.4 is 0 Å². The number of aryl methyl sites for hydroxylation is 2. The highest BCUT2D eigenvalue weighted by molar-refractivity contribution is 9.10. The van der Waals surface area contributed by atoms with E-state index in [1.807, 2.05) is 12.1 Å². The highest BCUT2D eigenvalue weighted by Crippen LogP contribution is 2.41.